The molecule has 0 bridgehead atoms. The van der Waals surface area contributed by atoms with Crippen LogP contribution >= 0.6 is 0 Å². The number of carbonyl (C=O) groups is 3. The molecule has 114 valence electrons. The van der Waals surface area contributed by atoms with Gasteiger partial charge in [-0.3, -0.25) is 9.59 Å². The number of amides is 2. The average molecular weight is 292 g/mol. The lowest BCUT2D eigenvalue weighted by molar-refractivity contribution is -0.142. The summed E-state index contributed by atoms with van der Waals surface area (Å²) in [6.07, 6.45) is 0.0117. The van der Waals surface area contributed by atoms with Crippen LogP contribution in [0.3, 0.4) is 0 Å². The fraction of sp³-hybridized carbons (Fsp3) is 0.400. The highest BCUT2D eigenvalue weighted by Gasteiger charge is 2.20. The largest absolute Gasteiger partial charge is 0.480 e. The lowest BCUT2D eigenvalue weighted by Crippen LogP contribution is -2.42. The van der Waals surface area contributed by atoms with E-state index in [1.54, 1.807) is 0 Å². The molecule has 6 nitrogen and oxygen atoms in total. The van der Waals surface area contributed by atoms with Crippen molar-refractivity contribution in [2.45, 2.75) is 39.2 Å². The van der Waals surface area contributed by atoms with Crippen molar-refractivity contribution < 1.29 is 19.5 Å². The van der Waals surface area contributed by atoms with Gasteiger partial charge in [0.15, 0.2) is 0 Å². The SMILES string of the molecule is Cc1ccc(C)c(CC(=O)N[C@@H](CCC(N)=O)C(=O)O)c1. The fourth-order valence-corrected chi connectivity index (χ4v) is 1.95. The molecular weight excluding hydrogens is 272 g/mol. The van der Waals surface area contributed by atoms with Crippen LogP contribution in [-0.4, -0.2) is 28.9 Å². The number of hydrogen-bond donors (Lipinski definition) is 3. The number of aliphatic carboxylic acids is 1. The lowest BCUT2D eigenvalue weighted by Gasteiger charge is -2.14. The highest BCUT2D eigenvalue weighted by atomic mass is 16.4. The van der Waals surface area contributed by atoms with Gasteiger partial charge < -0.3 is 16.2 Å². The van der Waals surface area contributed by atoms with Crippen molar-refractivity contribution in [1.29, 1.82) is 0 Å². The van der Waals surface area contributed by atoms with E-state index in [9.17, 15) is 14.4 Å². The number of carboxylic acids is 1. The predicted octanol–water partition coefficient (Wildman–Crippen LogP) is 0.681. The van der Waals surface area contributed by atoms with E-state index in [2.05, 4.69) is 5.32 Å². The summed E-state index contributed by atoms with van der Waals surface area (Å²) >= 11 is 0. The summed E-state index contributed by atoms with van der Waals surface area (Å²) in [7, 11) is 0. The van der Waals surface area contributed by atoms with E-state index in [0.29, 0.717) is 0 Å². The second kappa shape index (κ2) is 7.42. The van der Waals surface area contributed by atoms with Crippen LogP contribution in [0.4, 0.5) is 0 Å². The third-order valence-electron chi connectivity index (χ3n) is 3.17. The van der Waals surface area contributed by atoms with Crippen molar-refractivity contribution in [2.75, 3.05) is 0 Å². The Kier molecular flexibility index (Phi) is 5.90. The monoisotopic (exact) mass is 292 g/mol. The van der Waals surface area contributed by atoms with Gasteiger partial charge in [0, 0.05) is 6.42 Å². The van der Waals surface area contributed by atoms with Gasteiger partial charge >= 0.3 is 5.97 Å². The zero-order valence-corrected chi connectivity index (χ0v) is 12.2. The molecule has 0 heterocycles. The maximum Gasteiger partial charge on any atom is 0.326 e. The van der Waals surface area contributed by atoms with Crippen LogP contribution in [0.25, 0.3) is 0 Å². The van der Waals surface area contributed by atoms with Gasteiger partial charge in [0.1, 0.15) is 6.04 Å². The molecular formula is C15H20N2O4. The van der Waals surface area contributed by atoms with Gasteiger partial charge in [-0.05, 0) is 31.4 Å². The number of primary amides is 1. The molecule has 0 saturated heterocycles. The fourth-order valence-electron chi connectivity index (χ4n) is 1.95. The van der Waals surface area contributed by atoms with Gasteiger partial charge in [0.25, 0.3) is 0 Å². The van der Waals surface area contributed by atoms with Gasteiger partial charge in [-0.1, -0.05) is 23.8 Å². The zero-order chi connectivity index (χ0) is 16.0. The van der Waals surface area contributed by atoms with Gasteiger partial charge in [0.05, 0.1) is 6.42 Å². The first-order chi connectivity index (χ1) is 9.79. The third kappa shape index (κ3) is 5.64. The molecule has 0 radical (unpaired) electrons. The van der Waals surface area contributed by atoms with Gasteiger partial charge in [0.2, 0.25) is 11.8 Å². The topological polar surface area (TPSA) is 109 Å². The molecule has 0 aliphatic heterocycles. The van der Waals surface area contributed by atoms with Crippen LogP contribution in [0.2, 0.25) is 0 Å². The highest BCUT2D eigenvalue weighted by Crippen LogP contribution is 2.11. The summed E-state index contributed by atoms with van der Waals surface area (Å²) in [4.78, 5) is 33.7. The van der Waals surface area contributed by atoms with Gasteiger partial charge in [-0.15, -0.1) is 0 Å². The van der Waals surface area contributed by atoms with Crippen LogP contribution in [0.15, 0.2) is 18.2 Å². The van der Waals surface area contributed by atoms with E-state index < -0.39 is 17.9 Å². The number of carbonyl (C=O) groups excluding carboxylic acids is 2. The van der Waals surface area contributed by atoms with E-state index in [-0.39, 0.29) is 25.2 Å². The quantitative estimate of drug-likeness (QED) is 0.686. The second-order valence-corrected chi connectivity index (χ2v) is 5.07. The molecule has 0 saturated carbocycles. The molecule has 0 fully saturated rings. The van der Waals surface area contributed by atoms with E-state index in [0.717, 1.165) is 16.7 Å². The number of nitrogens with one attached hydrogen (secondary N) is 1. The van der Waals surface area contributed by atoms with Gasteiger partial charge in [-0.2, -0.15) is 0 Å². The Labute approximate surface area is 123 Å². The molecule has 2 amide bonds. The molecule has 1 aromatic rings. The Bertz CT molecular complexity index is 555. The smallest absolute Gasteiger partial charge is 0.326 e. The van der Waals surface area contributed by atoms with E-state index >= 15 is 0 Å². The minimum atomic E-state index is -1.18. The normalized spacial score (nSPS) is 11.7. The zero-order valence-electron chi connectivity index (χ0n) is 12.2. The van der Waals surface area contributed by atoms with Crippen LogP contribution in [0.1, 0.15) is 29.5 Å². The molecule has 0 spiro atoms. The average Bonchev–Trinajstić information content (AvgIpc) is 2.38. The van der Waals surface area contributed by atoms with Crippen molar-refractivity contribution in [3.05, 3.63) is 34.9 Å². The Hall–Kier alpha value is -2.37. The van der Waals surface area contributed by atoms with Crippen LogP contribution in [0.5, 0.6) is 0 Å². The van der Waals surface area contributed by atoms with E-state index in [4.69, 9.17) is 10.8 Å². The molecule has 1 atom stereocenters. The standard InChI is InChI=1S/C15H20N2O4/c1-9-3-4-10(2)11(7-9)8-14(19)17-12(15(20)21)5-6-13(16)18/h3-4,7,12H,5-6,8H2,1-2H3,(H2,16,18)(H,17,19)(H,20,21)/t12-/m0/s1. The van der Waals surface area contributed by atoms with Crippen LogP contribution < -0.4 is 11.1 Å². The van der Waals surface area contributed by atoms with Crippen molar-refractivity contribution in [3.63, 3.8) is 0 Å². The summed E-state index contributed by atoms with van der Waals surface area (Å²) in [6.45, 7) is 3.82. The summed E-state index contributed by atoms with van der Waals surface area (Å²) in [5.41, 5.74) is 7.85. The molecule has 21 heavy (non-hydrogen) atoms. The van der Waals surface area contributed by atoms with Crippen molar-refractivity contribution in [2.24, 2.45) is 5.73 Å². The summed E-state index contributed by atoms with van der Waals surface area (Å²) in [5, 5.41) is 11.5. The maximum absolute atomic E-state index is 11.9. The number of hydrogen-bond acceptors (Lipinski definition) is 3. The molecule has 0 aliphatic rings. The minimum absolute atomic E-state index is 0.0107. The second-order valence-electron chi connectivity index (χ2n) is 5.07. The Balaban J connectivity index is 2.67. The molecule has 0 aromatic heterocycles. The Morgan fingerprint density at radius 1 is 1.29 bits per heavy atom. The first-order valence-corrected chi connectivity index (χ1v) is 6.66. The van der Waals surface area contributed by atoms with Crippen LogP contribution in [-0.2, 0) is 20.8 Å². The molecule has 1 aromatic carbocycles. The van der Waals surface area contributed by atoms with Crippen molar-refractivity contribution in [1.82, 2.24) is 5.32 Å². The predicted molar refractivity (Wildman–Crippen MR) is 77.6 cm³/mol. The van der Waals surface area contributed by atoms with E-state index in [1.807, 2.05) is 32.0 Å². The van der Waals surface area contributed by atoms with Crippen molar-refractivity contribution >= 4 is 17.8 Å². The summed E-state index contributed by atoms with van der Waals surface area (Å²) in [6, 6.07) is 4.66. The molecule has 1 rings (SSSR count). The lowest BCUT2D eigenvalue weighted by atomic mass is 10.0. The first kappa shape index (κ1) is 16.7. The highest BCUT2D eigenvalue weighted by molar-refractivity contribution is 5.85. The van der Waals surface area contributed by atoms with Crippen LogP contribution in [0, 0.1) is 13.8 Å². The summed E-state index contributed by atoms with van der Waals surface area (Å²) in [5.74, 6) is -2.16. The molecule has 0 unspecified atom stereocenters. The van der Waals surface area contributed by atoms with Gasteiger partial charge in [-0.25, -0.2) is 4.79 Å². The molecule has 4 N–H and O–H groups in total. The number of aryl methyl sites for hydroxylation is 2. The third-order valence-corrected chi connectivity index (χ3v) is 3.17. The molecule has 0 aliphatic carbocycles. The number of benzene rings is 1. The number of nitrogens with two attached hydrogens (primary N) is 1. The number of rotatable bonds is 7. The Morgan fingerprint density at radius 3 is 2.52 bits per heavy atom. The van der Waals surface area contributed by atoms with E-state index in [1.165, 1.54) is 0 Å². The molecule has 6 heteroatoms. The summed E-state index contributed by atoms with van der Waals surface area (Å²) < 4.78 is 0. The maximum atomic E-state index is 11.9. The number of carboxylic acid groups (broad SMARTS) is 1. The minimum Gasteiger partial charge on any atom is -0.480 e. The Morgan fingerprint density at radius 2 is 1.95 bits per heavy atom. The first-order valence-electron chi connectivity index (χ1n) is 6.66. The van der Waals surface area contributed by atoms with Crippen molar-refractivity contribution in [3.8, 4) is 0 Å².